The van der Waals surface area contributed by atoms with Crippen molar-refractivity contribution in [3.63, 3.8) is 0 Å². The average Bonchev–Trinajstić information content (AvgIpc) is 3.42. The highest BCUT2D eigenvalue weighted by atomic mass is 32.1. The van der Waals surface area contributed by atoms with Gasteiger partial charge in [0.15, 0.2) is 5.76 Å². The molecular formula is C24H24N3O3S+. The van der Waals surface area contributed by atoms with E-state index in [1.54, 1.807) is 30.6 Å². The maximum absolute atomic E-state index is 12.7. The fourth-order valence-corrected chi connectivity index (χ4v) is 4.53. The summed E-state index contributed by atoms with van der Waals surface area (Å²) in [6.45, 7) is 4.14. The standard InChI is InChI=1S/C24H23N3O3S/c1-15-16(2)31-24(27-23(28)19-10-7-13-30-19)21(15)22(26-20-11-4-5-12-25-20)17-8-6-9-18(14-17)29-3/h4-14,22H,1-3H3,(H,25,26)(H,27,28)/p+1/t22-/m1/s1. The van der Waals surface area contributed by atoms with Crippen molar-refractivity contribution in [2.75, 3.05) is 17.7 Å². The van der Waals surface area contributed by atoms with Crippen LogP contribution in [-0.2, 0) is 0 Å². The number of methoxy groups -OCH3 is 1. The van der Waals surface area contributed by atoms with Gasteiger partial charge in [0.1, 0.15) is 16.8 Å². The van der Waals surface area contributed by atoms with Gasteiger partial charge in [0.05, 0.1) is 19.6 Å². The first-order valence-electron chi connectivity index (χ1n) is 9.88. The number of aromatic nitrogens is 1. The zero-order valence-corrected chi connectivity index (χ0v) is 18.4. The number of hydrogen-bond acceptors (Lipinski definition) is 5. The molecule has 4 aromatic rings. The van der Waals surface area contributed by atoms with Gasteiger partial charge >= 0.3 is 0 Å². The number of pyridine rings is 1. The summed E-state index contributed by atoms with van der Waals surface area (Å²) in [4.78, 5) is 17.1. The number of carbonyl (C=O) groups is 1. The molecule has 6 nitrogen and oxygen atoms in total. The van der Waals surface area contributed by atoms with E-state index in [1.165, 1.54) is 6.26 Å². The summed E-state index contributed by atoms with van der Waals surface area (Å²) in [5, 5.41) is 7.41. The molecule has 1 amide bonds. The molecule has 3 N–H and O–H groups in total. The van der Waals surface area contributed by atoms with Crippen LogP contribution in [0.15, 0.2) is 71.5 Å². The molecule has 0 aliphatic rings. The number of furan rings is 1. The molecule has 0 aliphatic heterocycles. The molecular weight excluding hydrogens is 410 g/mol. The molecule has 31 heavy (non-hydrogen) atoms. The SMILES string of the molecule is COc1cccc([C@@H](Nc2cccc[nH+]2)c2c(NC(=O)c3ccco3)sc(C)c2C)c1. The Morgan fingerprint density at radius 1 is 1.13 bits per heavy atom. The van der Waals surface area contributed by atoms with Gasteiger partial charge in [-0.1, -0.05) is 18.2 Å². The first-order chi connectivity index (χ1) is 15.1. The van der Waals surface area contributed by atoms with Crippen molar-refractivity contribution in [2.24, 2.45) is 0 Å². The van der Waals surface area contributed by atoms with Crippen LogP contribution in [-0.4, -0.2) is 13.0 Å². The van der Waals surface area contributed by atoms with Crippen LogP contribution in [0.2, 0.25) is 0 Å². The fraction of sp³-hybridized carbons (Fsp3) is 0.167. The van der Waals surface area contributed by atoms with Crippen molar-refractivity contribution >= 4 is 28.1 Å². The highest BCUT2D eigenvalue weighted by molar-refractivity contribution is 7.16. The predicted octanol–water partition coefficient (Wildman–Crippen LogP) is 5.23. The van der Waals surface area contributed by atoms with Crippen molar-refractivity contribution in [2.45, 2.75) is 19.9 Å². The fourth-order valence-electron chi connectivity index (χ4n) is 3.44. The largest absolute Gasteiger partial charge is 0.497 e. The van der Waals surface area contributed by atoms with E-state index in [-0.39, 0.29) is 17.7 Å². The van der Waals surface area contributed by atoms with E-state index in [4.69, 9.17) is 9.15 Å². The Morgan fingerprint density at radius 2 is 2.00 bits per heavy atom. The molecule has 7 heteroatoms. The number of thiophene rings is 1. The summed E-state index contributed by atoms with van der Waals surface area (Å²) < 4.78 is 10.7. The summed E-state index contributed by atoms with van der Waals surface area (Å²) in [6, 6.07) is 16.9. The molecule has 0 saturated carbocycles. The maximum Gasteiger partial charge on any atom is 0.291 e. The Labute approximate surface area is 184 Å². The van der Waals surface area contributed by atoms with E-state index < -0.39 is 0 Å². The van der Waals surface area contributed by atoms with Gasteiger partial charge in [-0.05, 0) is 49.7 Å². The highest BCUT2D eigenvalue weighted by Crippen LogP contribution is 2.41. The predicted molar refractivity (Wildman–Crippen MR) is 122 cm³/mol. The van der Waals surface area contributed by atoms with Gasteiger partial charge < -0.3 is 14.5 Å². The van der Waals surface area contributed by atoms with Crippen LogP contribution in [0.4, 0.5) is 10.8 Å². The van der Waals surface area contributed by atoms with Crippen molar-refractivity contribution in [3.05, 3.63) is 94.4 Å². The number of H-pyrrole nitrogens is 1. The van der Waals surface area contributed by atoms with E-state index in [9.17, 15) is 4.79 Å². The molecule has 0 radical (unpaired) electrons. The zero-order chi connectivity index (χ0) is 21.8. The molecule has 0 fully saturated rings. The lowest BCUT2D eigenvalue weighted by Gasteiger charge is -2.18. The molecule has 158 valence electrons. The third-order valence-electron chi connectivity index (χ3n) is 5.13. The number of benzene rings is 1. The average molecular weight is 435 g/mol. The molecule has 0 spiro atoms. The summed E-state index contributed by atoms with van der Waals surface area (Å²) in [5.41, 5.74) is 3.15. The summed E-state index contributed by atoms with van der Waals surface area (Å²) >= 11 is 1.56. The van der Waals surface area contributed by atoms with Crippen LogP contribution in [0.3, 0.4) is 0 Å². The van der Waals surface area contributed by atoms with Gasteiger partial charge in [-0.25, -0.2) is 4.98 Å². The molecule has 0 bridgehead atoms. The van der Waals surface area contributed by atoms with Crippen molar-refractivity contribution in [1.29, 1.82) is 0 Å². The first kappa shape index (κ1) is 20.7. The van der Waals surface area contributed by atoms with Gasteiger partial charge in [-0.3, -0.25) is 10.1 Å². The van der Waals surface area contributed by atoms with Gasteiger partial charge in [0.25, 0.3) is 11.7 Å². The van der Waals surface area contributed by atoms with E-state index >= 15 is 0 Å². The van der Waals surface area contributed by atoms with Crippen LogP contribution in [0.1, 0.15) is 38.2 Å². The number of hydrogen-bond donors (Lipinski definition) is 2. The lowest BCUT2D eigenvalue weighted by Crippen LogP contribution is -2.21. The molecule has 0 aliphatic carbocycles. The van der Waals surface area contributed by atoms with Gasteiger partial charge in [-0.2, -0.15) is 0 Å². The Kier molecular flexibility index (Phi) is 6.04. The van der Waals surface area contributed by atoms with Gasteiger partial charge in [-0.15, -0.1) is 11.3 Å². The molecule has 0 saturated heterocycles. The Hall–Kier alpha value is -3.58. The summed E-state index contributed by atoms with van der Waals surface area (Å²) in [5.74, 6) is 1.63. The van der Waals surface area contributed by atoms with Crippen molar-refractivity contribution in [3.8, 4) is 5.75 Å². The summed E-state index contributed by atoms with van der Waals surface area (Å²) in [6.07, 6.45) is 3.36. The van der Waals surface area contributed by atoms with Gasteiger partial charge in [0, 0.05) is 22.1 Å². The number of nitrogens with one attached hydrogen (secondary N) is 3. The number of amides is 1. The normalized spacial score (nSPS) is 11.7. The number of aryl methyl sites for hydroxylation is 1. The van der Waals surface area contributed by atoms with E-state index in [0.717, 1.165) is 38.1 Å². The third-order valence-corrected chi connectivity index (χ3v) is 6.27. The van der Waals surface area contributed by atoms with Crippen LogP contribution >= 0.6 is 11.3 Å². The third kappa shape index (κ3) is 4.46. The van der Waals surface area contributed by atoms with Gasteiger partial charge in [0.2, 0.25) is 0 Å². The summed E-state index contributed by atoms with van der Waals surface area (Å²) in [7, 11) is 1.65. The Morgan fingerprint density at radius 3 is 2.71 bits per heavy atom. The number of rotatable bonds is 7. The zero-order valence-electron chi connectivity index (χ0n) is 17.6. The second-order valence-corrected chi connectivity index (χ2v) is 8.31. The number of carbonyl (C=O) groups excluding carboxylic acids is 1. The lowest BCUT2D eigenvalue weighted by molar-refractivity contribution is -0.361. The highest BCUT2D eigenvalue weighted by Gasteiger charge is 2.29. The van der Waals surface area contributed by atoms with E-state index in [1.807, 2.05) is 48.7 Å². The van der Waals surface area contributed by atoms with Crippen LogP contribution in [0.5, 0.6) is 5.75 Å². The second kappa shape index (κ2) is 9.06. The van der Waals surface area contributed by atoms with Crippen LogP contribution in [0, 0.1) is 13.8 Å². The van der Waals surface area contributed by atoms with E-state index in [0.29, 0.717) is 0 Å². The first-order valence-corrected chi connectivity index (χ1v) is 10.7. The van der Waals surface area contributed by atoms with Crippen molar-refractivity contribution < 1.29 is 18.9 Å². The number of ether oxygens (including phenoxy) is 1. The monoisotopic (exact) mass is 434 g/mol. The molecule has 4 rings (SSSR count). The quantitative estimate of drug-likeness (QED) is 0.417. The molecule has 0 unspecified atom stereocenters. The second-order valence-electron chi connectivity index (χ2n) is 7.09. The molecule has 1 atom stereocenters. The molecule has 3 heterocycles. The maximum atomic E-state index is 12.7. The van der Waals surface area contributed by atoms with Crippen LogP contribution in [0.25, 0.3) is 0 Å². The van der Waals surface area contributed by atoms with E-state index in [2.05, 4.69) is 29.5 Å². The topological polar surface area (TPSA) is 77.6 Å². The lowest BCUT2D eigenvalue weighted by atomic mass is 9.96. The number of anilines is 2. The Bertz CT molecular complexity index is 1170. The van der Waals surface area contributed by atoms with Crippen LogP contribution < -0.4 is 20.4 Å². The Balaban J connectivity index is 1.79. The minimum Gasteiger partial charge on any atom is -0.497 e. The minimum absolute atomic E-state index is 0.217. The van der Waals surface area contributed by atoms with Crippen molar-refractivity contribution in [1.82, 2.24) is 0 Å². The number of aromatic amines is 1. The molecule has 1 aromatic carbocycles. The smallest absolute Gasteiger partial charge is 0.291 e. The molecule has 3 aromatic heterocycles. The minimum atomic E-state index is -0.275.